The molecule has 0 bridgehead atoms. The molecule has 0 spiro atoms. The summed E-state index contributed by atoms with van der Waals surface area (Å²) in [6.45, 7) is 5.18. The average molecular weight is 244 g/mol. The van der Waals surface area contributed by atoms with Crippen LogP contribution in [-0.2, 0) is 4.79 Å². The van der Waals surface area contributed by atoms with Gasteiger partial charge in [0.05, 0.1) is 0 Å². The Morgan fingerprint density at radius 2 is 2.31 bits per heavy atom. The van der Waals surface area contributed by atoms with Gasteiger partial charge in [-0.25, -0.2) is 0 Å². The molecule has 1 aliphatic heterocycles. The highest BCUT2D eigenvalue weighted by molar-refractivity contribution is 7.99. The Balaban J connectivity index is 2.01. The summed E-state index contributed by atoms with van der Waals surface area (Å²) in [5.74, 6) is 2.57. The summed E-state index contributed by atoms with van der Waals surface area (Å²) in [6.07, 6.45) is 3.98. The van der Waals surface area contributed by atoms with Crippen molar-refractivity contribution in [1.82, 2.24) is 10.6 Å². The molecule has 1 heterocycles. The summed E-state index contributed by atoms with van der Waals surface area (Å²) in [7, 11) is 0. The number of hydrogen-bond donors (Lipinski definition) is 2. The Kier molecular flexibility index (Phi) is 6.88. The summed E-state index contributed by atoms with van der Waals surface area (Å²) in [5, 5.41) is 6.44. The maximum atomic E-state index is 11.6. The van der Waals surface area contributed by atoms with Crippen LogP contribution in [0.5, 0.6) is 0 Å². The van der Waals surface area contributed by atoms with Crippen molar-refractivity contribution in [2.75, 3.05) is 18.1 Å². The lowest BCUT2D eigenvalue weighted by Gasteiger charge is -2.22. The first-order valence-corrected chi connectivity index (χ1v) is 7.44. The van der Waals surface area contributed by atoms with Gasteiger partial charge in [-0.2, -0.15) is 11.8 Å². The number of hydrogen-bond acceptors (Lipinski definition) is 3. The molecule has 2 N–H and O–H groups in total. The highest BCUT2D eigenvalue weighted by Gasteiger charge is 2.15. The van der Waals surface area contributed by atoms with Crippen LogP contribution in [0.25, 0.3) is 0 Å². The zero-order chi connectivity index (χ0) is 11.8. The van der Waals surface area contributed by atoms with Crippen LogP contribution in [-0.4, -0.2) is 36.0 Å². The van der Waals surface area contributed by atoms with E-state index in [0.29, 0.717) is 18.5 Å². The molecule has 16 heavy (non-hydrogen) atoms. The van der Waals surface area contributed by atoms with Gasteiger partial charge in [0.25, 0.3) is 0 Å². The molecule has 1 fully saturated rings. The molecule has 3 nitrogen and oxygen atoms in total. The van der Waals surface area contributed by atoms with Crippen LogP contribution in [0.3, 0.4) is 0 Å². The van der Waals surface area contributed by atoms with Gasteiger partial charge in [0.1, 0.15) is 0 Å². The van der Waals surface area contributed by atoms with E-state index in [0.717, 1.165) is 25.1 Å². The first-order valence-electron chi connectivity index (χ1n) is 6.29. The number of thioether (sulfide) groups is 1. The molecular weight excluding hydrogens is 220 g/mol. The number of carbonyl (C=O) groups is 1. The molecule has 0 saturated carbocycles. The smallest absolute Gasteiger partial charge is 0.220 e. The summed E-state index contributed by atoms with van der Waals surface area (Å²) in [4.78, 5) is 11.6. The van der Waals surface area contributed by atoms with Crippen molar-refractivity contribution in [3.05, 3.63) is 0 Å². The van der Waals surface area contributed by atoms with Crippen molar-refractivity contribution in [3.8, 4) is 0 Å². The zero-order valence-corrected chi connectivity index (χ0v) is 11.2. The summed E-state index contributed by atoms with van der Waals surface area (Å²) >= 11 is 1.95. The third-order valence-corrected chi connectivity index (χ3v) is 3.87. The normalized spacial score (nSPS) is 21.1. The van der Waals surface area contributed by atoms with Gasteiger partial charge in [-0.1, -0.05) is 13.8 Å². The summed E-state index contributed by atoms with van der Waals surface area (Å²) in [6, 6.07) is 0.933. The Bertz CT molecular complexity index is 203. The first kappa shape index (κ1) is 13.8. The van der Waals surface area contributed by atoms with E-state index in [4.69, 9.17) is 0 Å². The van der Waals surface area contributed by atoms with Gasteiger partial charge >= 0.3 is 0 Å². The molecule has 0 radical (unpaired) electrons. The molecule has 0 aromatic rings. The zero-order valence-electron chi connectivity index (χ0n) is 10.4. The van der Waals surface area contributed by atoms with E-state index in [1.54, 1.807) is 0 Å². The third kappa shape index (κ3) is 6.38. The lowest BCUT2D eigenvalue weighted by Crippen LogP contribution is -2.38. The maximum Gasteiger partial charge on any atom is 0.220 e. The molecule has 1 saturated heterocycles. The van der Waals surface area contributed by atoms with E-state index in [9.17, 15) is 4.79 Å². The minimum atomic E-state index is 0.220. The van der Waals surface area contributed by atoms with Crippen LogP contribution in [0.1, 0.15) is 39.5 Å². The molecule has 4 heteroatoms. The van der Waals surface area contributed by atoms with E-state index in [1.807, 2.05) is 11.8 Å². The van der Waals surface area contributed by atoms with Crippen LogP contribution in [0.4, 0.5) is 0 Å². The molecule has 1 atom stereocenters. The van der Waals surface area contributed by atoms with Crippen molar-refractivity contribution < 1.29 is 4.79 Å². The fourth-order valence-electron chi connectivity index (χ4n) is 1.79. The van der Waals surface area contributed by atoms with E-state index in [1.165, 1.54) is 12.2 Å². The minimum Gasteiger partial charge on any atom is -0.353 e. The molecule has 0 aliphatic carbocycles. The molecule has 1 unspecified atom stereocenters. The van der Waals surface area contributed by atoms with E-state index >= 15 is 0 Å². The van der Waals surface area contributed by atoms with Crippen LogP contribution in [0, 0.1) is 0 Å². The molecule has 1 aliphatic rings. The van der Waals surface area contributed by atoms with Gasteiger partial charge in [-0.05, 0) is 31.6 Å². The predicted molar refractivity (Wildman–Crippen MR) is 70.9 cm³/mol. The van der Waals surface area contributed by atoms with Gasteiger partial charge in [0.15, 0.2) is 0 Å². The number of amides is 1. The highest BCUT2D eigenvalue weighted by atomic mass is 32.2. The molecular formula is C12H24N2OS. The minimum absolute atomic E-state index is 0.220. The average Bonchev–Trinajstić information content (AvgIpc) is 2.25. The van der Waals surface area contributed by atoms with Crippen molar-refractivity contribution in [2.45, 2.75) is 51.6 Å². The second-order valence-corrected chi connectivity index (χ2v) is 5.84. The van der Waals surface area contributed by atoms with Crippen LogP contribution >= 0.6 is 11.8 Å². The van der Waals surface area contributed by atoms with E-state index < -0.39 is 0 Å². The van der Waals surface area contributed by atoms with Crippen molar-refractivity contribution in [1.29, 1.82) is 0 Å². The fourth-order valence-corrected chi connectivity index (χ4v) is 2.87. The lowest BCUT2D eigenvalue weighted by atomic mass is 10.1. The number of rotatable bonds is 6. The molecule has 0 aromatic heterocycles. The van der Waals surface area contributed by atoms with Gasteiger partial charge in [0.2, 0.25) is 5.91 Å². The second kappa shape index (κ2) is 7.96. The van der Waals surface area contributed by atoms with Crippen LogP contribution < -0.4 is 10.6 Å². The van der Waals surface area contributed by atoms with Crippen molar-refractivity contribution in [2.24, 2.45) is 0 Å². The van der Waals surface area contributed by atoms with E-state index in [-0.39, 0.29) is 5.91 Å². The van der Waals surface area contributed by atoms with Gasteiger partial charge in [-0.15, -0.1) is 0 Å². The highest BCUT2D eigenvalue weighted by Crippen LogP contribution is 2.16. The molecule has 1 amide bonds. The van der Waals surface area contributed by atoms with Crippen molar-refractivity contribution >= 4 is 17.7 Å². The largest absolute Gasteiger partial charge is 0.353 e. The van der Waals surface area contributed by atoms with Gasteiger partial charge in [-0.3, -0.25) is 4.79 Å². The van der Waals surface area contributed by atoms with Gasteiger partial charge < -0.3 is 10.6 Å². The van der Waals surface area contributed by atoms with E-state index in [2.05, 4.69) is 24.5 Å². The summed E-state index contributed by atoms with van der Waals surface area (Å²) in [5.41, 5.74) is 0. The number of nitrogens with one attached hydrogen (secondary N) is 2. The Morgan fingerprint density at radius 1 is 1.50 bits per heavy atom. The first-order chi connectivity index (χ1) is 7.68. The number of carbonyl (C=O) groups excluding carboxylic acids is 1. The second-order valence-electron chi connectivity index (χ2n) is 4.69. The Hall–Kier alpha value is -0.220. The van der Waals surface area contributed by atoms with Gasteiger partial charge in [0, 0.05) is 24.3 Å². The third-order valence-electron chi connectivity index (χ3n) is 2.66. The monoisotopic (exact) mass is 244 g/mol. The Labute approximate surface area is 103 Å². The molecule has 1 rings (SSSR count). The molecule has 94 valence electrons. The topological polar surface area (TPSA) is 41.1 Å². The SMILES string of the molecule is CC(C)NCCCC(=O)NC1CCCSC1. The maximum absolute atomic E-state index is 11.6. The summed E-state index contributed by atoms with van der Waals surface area (Å²) < 4.78 is 0. The standard InChI is InChI=1S/C12H24N2OS/c1-10(2)13-7-3-6-12(15)14-11-5-4-8-16-9-11/h10-11,13H,3-9H2,1-2H3,(H,14,15). The lowest BCUT2D eigenvalue weighted by molar-refractivity contribution is -0.121. The quantitative estimate of drug-likeness (QED) is 0.700. The van der Waals surface area contributed by atoms with Crippen molar-refractivity contribution in [3.63, 3.8) is 0 Å². The molecule has 0 aromatic carbocycles. The predicted octanol–water partition coefficient (Wildman–Crippen LogP) is 1.78. The Morgan fingerprint density at radius 3 is 2.94 bits per heavy atom. The fraction of sp³-hybridized carbons (Fsp3) is 0.917. The van der Waals surface area contributed by atoms with Crippen LogP contribution in [0.2, 0.25) is 0 Å². The van der Waals surface area contributed by atoms with Crippen LogP contribution in [0.15, 0.2) is 0 Å².